The van der Waals surface area contributed by atoms with Crippen molar-refractivity contribution in [1.82, 2.24) is 0 Å². The van der Waals surface area contributed by atoms with Gasteiger partial charge in [0, 0.05) is 13.5 Å². The molecule has 3 fully saturated rings. The Hall–Kier alpha value is -3.35. The Labute approximate surface area is 263 Å². The molecule has 3 aromatic carbocycles. The molecule has 3 aliphatic rings. The molecule has 0 unspecified atom stereocenters. The minimum atomic E-state index is -0.764. The van der Waals surface area contributed by atoms with E-state index in [4.69, 9.17) is 42.6 Å². The van der Waals surface area contributed by atoms with E-state index in [1.54, 1.807) is 7.11 Å². The molecule has 10 heteroatoms. The molecule has 0 radical (unpaired) electrons. The summed E-state index contributed by atoms with van der Waals surface area (Å²) in [6.07, 6.45) is -5.41. The van der Waals surface area contributed by atoms with Gasteiger partial charge < -0.3 is 42.6 Å². The quantitative estimate of drug-likeness (QED) is 0.238. The molecule has 0 N–H and O–H groups in total. The van der Waals surface area contributed by atoms with Gasteiger partial charge in [-0.2, -0.15) is 0 Å². The van der Waals surface area contributed by atoms with Gasteiger partial charge in [-0.25, -0.2) is 4.79 Å². The molecule has 10 nitrogen and oxygen atoms in total. The second-order valence-corrected chi connectivity index (χ2v) is 11.4. The van der Waals surface area contributed by atoms with E-state index < -0.39 is 55.4 Å². The van der Waals surface area contributed by atoms with Crippen molar-refractivity contribution in [2.75, 3.05) is 13.7 Å². The van der Waals surface area contributed by atoms with Crippen molar-refractivity contribution < 1.29 is 47.4 Å². The number of carbonyl (C=O) groups is 1. The zero-order chi connectivity index (χ0) is 31.0. The van der Waals surface area contributed by atoms with E-state index >= 15 is 0 Å². The van der Waals surface area contributed by atoms with Crippen LogP contribution < -0.4 is 0 Å². The Bertz CT molecular complexity index is 1330. The summed E-state index contributed by atoms with van der Waals surface area (Å²) in [6.45, 7) is 2.95. The monoisotopic (exact) mass is 620 g/mol. The predicted octanol–water partition coefficient (Wildman–Crippen LogP) is 5.17. The fraction of sp³-hybridized carbons (Fsp3) is 0.457. The van der Waals surface area contributed by atoms with Crippen molar-refractivity contribution in [3.63, 3.8) is 0 Å². The third-order valence-electron chi connectivity index (χ3n) is 8.23. The lowest BCUT2D eigenvalue weighted by molar-refractivity contribution is -0.330. The lowest BCUT2D eigenvalue weighted by atomic mass is 9.97. The van der Waals surface area contributed by atoms with Crippen molar-refractivity contribution in [2.24, 2.45) is 0 Å². The van der Waals surface area contributed by atoms with Crippen LogP contribution in [-0.2, 0) is 62.5 Å². The molecule has 9 atom stereocenters. The molecule has 0 aromatic heterocycles. The Kier molecular flexibility index (Phi) is 10.7. The fourth-order valence-corrected chi connectivity index (χ4v) is 5.93. The molecule has 6 rings (SSSR count). The molecule has 0 aliphatic carbocycles. The number of hydrogen-bond acceptors (Lipinski definition) is 10. The van der Waals surface area contributed by atoms with Crippen LogP contribution in [0.4, 0.5) is 4.79 Å². The van der Waals surface area contributed by atoms with Gasteiger partial charge in [-0.15, -0.1) is 0 Å². The first-order chi connectivity index (χ1) is 22.1. The van der Waals surface area contributed by atoms with Gasteiger partial charge in [0.2, 0.25) is 0 Å². The first-order valence-electron chi connectivity index (χ1n) is 15.4. The topological polar surface area (TPSA) is 100 Å². The summed E-state index contributed by atoms with van der Waals surface area (Å²) in [6, 6.07) is 29.8. The SMILES string of the molecule is CO[C@H]1O[C@H](CO[C@@H]2C[C@H]3OC(=O)O[C@@H]3[C@@H](C)O2)[C@@H](OCc2ccccc2)[C@H](OCc2ccccc2)[C@H]1OCc1ccccc1. The minimum absolute atomic E-state index is 0.111. The van der Waals surface area contributed by atoms with E-state index in [-0.39, 0.29) is 12.7 Å². The molecule has 0 saturated carbocycles. The maximum Gasteiger partial charge on any atom is 0.509 e. The van der Waals surface area contributed by atoms with Crippen LogP contribution in [0.15, 0.2) is 91.0 Å². The summed E-state index contributed by atoms with van der Waals surface area (Å²) < 4.78 is 55.0. The van der Waals surface area contributed by atoms with Crippen LogP contribution in [-0.4, -0.2) is 75.2 Å². The third-order valence-corrected chi connectivity index (χ3v) is 8.23. The molecule has 3 saturated heterocycles. The van der Waals surface area contributed by atoms with Gasteiger partial charge in [0.15, 0.2) is 18.7 Å². The smallest absolute Gasteiger partial charge is 0.427 e. The molecule has 45 heavy (non-hydrogen) atoms. The highest BCUT2D eigenvalue weighted by Crippen LogP contribution is 2.34. The lowest BCUT2D eigenvalue weighted by Gasteiger charge is -2.46. The molecule has 0 bridgehead atoms. The molecule has 3 aliphatic heterocycles. The second-order valence-electron chi connectivity index (χ2n) is 11.4. The summed E-state index contributed by atoms with van der Waals surface area (Å²) in [7, 11) is 1.58. The Balaban J connectivity index is 1.23. The van der Waals surface area contributed by atoms with Gasteiger partial charge in [0.25, 0.3) is 0 Å². The van der Waals surface area contributed by atoms with Gasteiger partial charge in [-0.3, -0.25) is 0 Å². The Morgan fingerprint density at radius 3 is 1.76 bits per heavy atom. The maximum absolute atomic E-state index is 11.7. The van der Waals surface area contributed by atoms with Crippen LogP contribution in [0, 0.1) is 0 Å². The van der Waals surface area contributed by atoms with Gasteiger partial charge in [-0.05, 0) is 23.6 Å². The van der Waals surface area contributed by atoms with Gasteiger partial charge in [0.05, 0.1) is 32.5 Å². The van der Waals surface area contributed by atoms with Crippen LogP contribution in [0.1, 0.15) is 30.0 Å². The molecule has 3 heterocycles. The number of ether oxygens (including phenoxy) is 9. The van der Waals surface area contributed by atoms with E-state index in [2.05, 4.69) is 0 Å². The number of fused-ring (bicyclic) bond motifs is 1. The largest absolute Gasteiger partial charge is 0.509 e. The first kappa shape index (κ1) is 31.6. The van der Waals surface area contributed by atoms with E-state index in [1.165, 1.54) is 0 Å². The second kappa shape index (κ2) is 15.3. The van der Waals surface area contributed by atoms with Gasteiger partial charge in [-0.1, -0.05) is 91.0 Å². The van der Waals surface area contributed by atoms with Crippen molar-refractivity contribution >= 4 is 6.16 Å². The van der Waals surface area contributed by atoms with Crippen molar-refractivity contribution in [2.45, 2.75) is 88.5 Å². The number of hydrogen-bond donors (Lipinski definition) is 0. The molecule has 240 valence electrons. The van der Waals surface area contributed by atoms with Crippen LogP contribution in [0.5, 0.6) is 0 Å². The van der Waals surface area contributed by atoms with Gasteiger partial charge >= 0.3 is 6.16 Å². The minimum Gasteiger partial charge on any atom is -0.427 e. The summed E-state index contributed by atoms with van der Waals surface area (Å²) in [5.74, 6) is 0. The van der Waals surface area contributed by atoms with Crippen molar-refractivity contribution in [3.8, 4) is 0 Å². The van der Waals surface area contributed by atoms with Crippen molar-refractivity contribution in [1.29, 1.82) is 0 Å². The van der Waals surface area contributed by atoms with E-state index in [9.17, 15) is 4.79 Å². The van der Waals surface area contributed by atoms with Crippen LogP contribution in [0.2, 0.25) is 0 Å². The number of carbonyl (C=O) groups excluding carboxylic acids is 1. The number of rotatable bonds is 13. The average Bonchev–Trinajstić information content (AvgIpc) is 3.46. The zero-order valence-corrected chi connectivity index (χ0v) is 25.5. The average molecular weight is 621 g/mol. The van der Waals surface area contributed by atoms with E-state index in [0.29, 0.717) is 26.2 Å². The molecule has 0 amide bonds. The third kappa shape index (κ3) is 8.09. The van der Waals surface area contributed by atoms with Gasteiger partial charge in [0.1, 0.15) is 30.5 Å². The van der Waals surface area contributed by atoms with Crippen LogP contribution in [0.3, 0.4) is 0 Å². The summed E-state index contributed by atoms with van der Waals surface area (Å²) in [4.78, 5) is 11.7. The summed E-state index contributed by atoms with van der Waals surface area (Å²) in [5.41, 5.74) is 3.04. The summed E-state index contributed by atoms with van der Waals surface area (Å²) in [5, 5.41) is 0. The summed E-state index contributed by atoms with van der Waals surface area (Å²) >= 11 is 0. The standard InChI is InChI=1S/C35H40O10/c1-23-30-27(44-35(36)45-30)18-29(42-23)38-22-28-31(39-19-24-12-6-3-7-13-24)32(40-20-25-14-8-4-9-15-25)33(34(37-2)43-28)41-21-26-16-10-5-11-17-26/h3-17,23,27-34H,18-22H2,1-2H3/t23-,27-,28-,29+,30-,31-,32+,33-,34+/m1/s1. The van der Waals surface area contributed by atoms with Crippen LogP contribution >= 0.6 is 0 Å². The molecular weight excluding hydrogens is 580 g/mol. The molecule has 0 spiro atoms. The lowest BCUT2D eigenvalue weighted by Crippen LogP contribution is -2.62. The molecule has 3 aromatic rings. The maximum atomic E-state index is 11.7. The molecular formula is C35H40O10. The number of methoxy groups -OCH3 is 1. The van der Waals surface area contributed by atoms with E-state index in [1.807, 2.05) is 97.9 Å². The Morgan fingerprint density at radius 2 is 1.20 bits per heavy atom. The zero-order valence-electron chi connectivity index (χ0n) is 25.5. The normalized spacial score (nSPS) is 31.2. The predicted molar refractivity (Wildman–Crippen MR) is 161 cm³/mol. The highest BCUT2D eigenvalue weighted by atomic mass is 16.8. The first-order valence-corrected chi connectivity index (χ1v) is 15.4. The van der Waals surface area contributed by atoms with Crippen LogP contribution in [0.25, 0.3) is 0 Å². The van der Waals surface area contributed by atoms with E-state index in [0.717, 1.165) is 16.7 Å². The highest BCUT2D eigenvalue weighted by Gasteiger charge is 2.50. The van der Waals surface area contributed by atoms with Crippen molar-refractivity contribution in [3.05, 3.63) is 108 Å². The fourth-order valence-electron chi connectivity index (χ4n) is 5.93. The number of benzene rings is 3. The Morgan fingerprint density at radius 1 is 0.667 bits per heavy atom. The highest BCUT2D eigenvalue weighted by molar-refractivity contribution is 5.62.